The lowest BCUT2D eigenvalue weighted by molar-refractivity contribution is 0.0950. The topological polar surface area (TPSA) is 115 Å². The van der Waals surface area contributed by atoms with Crippen LogP contribution in [0.3, 0.4) is 0 Å². The highest BCUT2D eigenvalue weighted by Gasteiger charge is 2.17. The lowest BCUT2D eigenvalue weighted by Gasteiger charge is -2.04. The van der Waals surface area contributed by atoms with E-state index in [1.807, 2.05) is 6.07 Å². The molecule has 37 heavy (non-hydrogen) atoms. The summed E-state index contributed by atoms with van der Waals surface area (Å²) in [4.78, 5) is 26.3. The van der Waals surface area contributed by atoms with E-state index in [2.05, 4.69) is 15.8 Å². The molecule has 0 radical (unpaired) electrons. The first-order valence-electron chi connectivity index (χ1n) is 10.7. The van der Waals surface area contributed by atoms with Crippen molar-refractivity contribution in [1.29, 1.82) is 5.26 Å². The normalized spacial score (nSPS) is 11.1. The first-order valence-corrected chi connectivity index (χ1v) is 13.2. The van der Waals surface area contributed by atoms with E-state index in [-0.39, 0.29) is 11.7 Å². The summed E-state index contributed by atoms with van der Waals surface area (Å²) in [7, 11) is 0. The third kappa shape index (κ3) is 6.18. The van der Waals surface area contributed by atoms with Crippen LogP contribution in [0.4, 0.5) is 0 Å². The fraction of sp³-hybridized carbons (Fsp3) is 0.0769. The molecule has 3 N–H and O–H groups in total. The van der Waals surface area contributed by atoms with Crippen LogP contribution in [0, 0.1) is 11.3 Å². The molecular formula is C26H18Cl2N4O3S2. The van der Waals surface area contributed by atoms with Crippen molar-refractivity contribution in [3.05, 3.63) is 96.5 Å². The second kappa shape index (κ2) is 11.6. The number of hydrogen-bond donors (Lipinski definition) is 3. The summed E-state index contributed by atoms with van der Waals surface area (Å²) in [5, 5.41) is 29.0. The highest BCUT2D eigenvalue weighted by atomic mass is 35.5. The molecule has 0 bridgehead atoms. The van der Waals surface area contributed by atoms with E-state index in [0.717, 1.165) is 16.9 Å². The highest BCUT2D eigenvalue weighted by Crippen LogP contribution is 2.40. The largest absolute Gasteiger partial charge is 0.506 e. The summed E-state index contributed by atoms with van der Waals surface area (Å²) in [6, 6.07) is 17.1. The number of nitrogens with zero attached hydrogens (tertiary/aromatic N) is 2. The molecule has 0 saturated carbocycles. The minimum atomic E-state index is -0.477. The van der Waals surface area contributed by atoms with Gasteiger partial charge in [-0.25, -0.2) is 5.43 Å². The minimum absolute atomic E-state index is 0.0243. The Morgan fingerprint density at radius 2 is 1.73 bits per heavy atom. The summed E-state index contributed by atoms with van der Waals surface area (Å²) < 4.78 is 0. The van der Waals surface area contributed by atoms with Gasteiger partial charge in [0.1, 0.15) is 5.75 Å². The summed E-state index contributed by atoms with van der Waals surface area (Å²) in [5.74, 6) is -0.766. The van der Waals surface area contributed by atoms with Crippen LogP contribution in [-0.4, -0.2) is 22.6 Å². The number of carbonyl (C=O) groups is 2. The van der Waals surface area contributed by atoms with Crippen LogP contribution >= 0.6 is 45.9 Å². The zero-order chi connectivity index (χ0) is 26.5. The maximum atomic E-state index is 12.6. The Balaban J connectivity index is 1.38. The molecule has 0 aliphatic carbocycles. The molecule has 7 nitrogen and oxygen atoms in total. The molecule has 11 heteroatoms. The van der Waals surface area contributed by atoms with Crippen LogP contribution in [0.5, 0.6) is 5.75 Å². The summed E-state index contributed by atoms with van der Waals surface area (Å²) in [6.07, 6.45) is 0. The number of nitriles is 1. The Morgan fingerprint density at radius 3 is 2.41 bits per heavy atom. The van der Waals surface area contributed by atoms with E-state index >= 15 is 0 Å². The van der Waals surface area contributed by atoms with Crippen LogP contribution in [0.25, 0.3) is 10.4 Å². The second-order valence-electron chi connectivity index (χ2n) is 7.75. The molecule has 186 valence electrons. The zero-order valence-corrected chi connectivity index (χ0v) is 22.4. The molecule has 2 aromatic heterocycles. The van der Waals surface area contributed by atoms with Gasteiger partial charge in [0, 0.05) is 11.9 Å². The number of aromatic hydroxyl groups is 1. The van der Waals surface area contributed by atoms with E-state index in [0.29, 0.717) is 53.6 Å². The predicted octanol–water partition coefficient (Wildman–Crippen LogP) is 6.44. The van der Waals surface area contributed by atoms with Crippen molar-refractivity contribution < 1.29 is 14.7 Å². The van der Waals surface area contributed by atoms with E-state index in [1.165, 1.54) is 11.3 Å². The molecule has 0 unspecified atom stereocenters. The van der Waals surface area contributed by atoms with Gasteiger partial charge in [0.15, 0.2) is 0 Å². The predicted molar refractivity (Wildman–Crippen MR) is 148 cm³/mol. The number of carbonyl (C=O) groups excluding carboxylic acids is 2. The number of rotatable bonds is 7. The highest BCUT2D eigenvalue weighted by molar-refractivity contribution is 7.16. The van der Waals surface area contributed by atoms with Crippen molar-refractivity contribution in [2.75, 3.05) is 0 Å². The zero-order valence-electron chi connectivity index (χ0n) is 19.2. The molecule has 0 fully saturated rings. The Labute approximate surface area is 230 Å². The van der Waals surface area contributed by atoms with E-state index in [1.54, 1.807) is 66.9 Å². The smallest absolute Gasteiger partial charge is 0.281 e. The van der Waals surface area contributed by atoms with Crippen molar-refractivity contribution in [2.45, 2.75) is 13.5 Å². The van der Waals surface area contributed by atoms with Crippen molar-refractivity contribution in [3.63, 3.8) is 0 Å². The Kier molecular flexibility index (Phi) is 8.26. The average Bonchev–Trinajstić information content (AvgIpc) is 3.55. The number of hydrogen-bond acceptors (Lipinski definition) is 7. The molecule has 0 atom stereocenters. The van der Waals surface area contributed by atoms with Crippen LogP contribution in [0.1, 0.15) is 43.0 Å². The first kappa shape index (κ1) is 26.4. The Morgan fingerprint density at radius 1 is 1.03 bits per heavy atom. The van der Waals surface area contributed by atoms with Crippen LogP contribution < -0.4 is 10.7 Å². The monoisotopic (exact) mass is 568 g/mol. The molecule has 2 aromatic carbocycles. The van der Waals surface area contributed by atoms with Gasteiger partial charge in [0.05, 0.1) is 47.6 Å². The molecular weight excluding hydrogens is 551 g/mol. The average molecular weight is 569 g/mol. The minimum Gasteiger partial charge on any atom is -0.506 e. The maximum Gasteiger partial charge on any atom is 0.281 e. The van der Waals surface area contributed by atoms with Gasteiger partial charge in [-0.2, -0.15) is 10.4 Å². The molecule has 4 aromatic rings. The molecule has 2 amide bonds. The van der Waals surface area contributed by atoms with Crippen LogP contribution in [0.2, 0.25) is 10.0 Å². The van der Waals surface area contributed by atoms with Gasteiger partial charge in [-0.3, -0.25) is 9.59 Å². The number of halogens is 2. The SMILES string of the molecule is C/C(=N\NC(=O)c1ccc(C(=O)NCc2ccc(C#N)cc2)s1)c1csc(-c2ccc(Cl)c(Cl)c2)c1O. The lowest BCUT2D eigenvalue weighted by Crippen LogP contribution is -2.21. The van der Waals surface area contributed by atoms with Gasteiger partial charge in [-0.1, -0.05) is 41.4 Å². The molecule has 2 heterocycles. The van der Waals surface area contributed by atoms with Crippen molar-refractivity contribution in [3.8, 4) is 22.3 Å². The maximum absolute atomic E-state index is 12.6. The van der Waals surface area contributed by atoms with Gasteiger partial charge in [-0.15, -0.1) is 22.7 Å². The molecule has 0 aliphatic rings. The standard InChI is InChI=1S/C26H18Cl2N4O3S2/c1-14(18-13-36-24(23(18)33)17-6-7-19(27)20(28)10-17)31-32-26(35)22-9-8-21(37-22)25(34)30-12-16-4-2-15(11-29)3-5-16/h2-10,13,33H,12H2,1H3,(H,30,34)(H,32,35)/b31-14+. The number of amides is 2. The lowest BCUT2D eigenvalue weighted by atomic mass is 10.1. The molecule has 4 rings (SSSR count). The van der Waals surface area contributed by atoms with Crippen molar-refractivity contribution in [2.24, 2.45) is 5.10 Å². The third-order valence-electron chi connectivity index (χ3n) is 5.25. The van der Waals surface area contributed by atoms with E-state index in [9.17, 15) is 14.7 Å². The van der Waals surface area contributed by atoms with Crippen LogP contribution in [0.15, 0.2) is 65.1 Å². The fourth-order valence-electron chi connectivity index (χ4n) is 3.25. The van der Waals surface area contributed by atoms with Crippen molar-refractivity contribution in [1.82, 2.24) is 10.7 Å². The number of benzene rings is 2. The quantitative estimate of drug-likeness (QED) is 0.175. The molecule has 0 aliphatic heterocycles. The first-order chi connectivity index (χ1) is 17.8. The van der Waals surface area contributed by atoms with Gasteiger partial charge in [0.2, 0.25) is 0 Å². The summed E-state index contributed by atoms with van der Waals surface area (Å²) in [6.45, 7) is 1.96. The fourth-order valence-corrected chi connectivity index (χ4v) is 5.36. The van der Waals surface area contributed by atoms with Gasteiger partial charge in [-0.05, 0) is 54.4 Å². The van der Waals surface area contributed by atoms with Gasteiger partial charge >= 0.3 is 0 Å². The van der Waals surface area contributed by atoms with Gasteiger partial charge in [0.25, 0.3) is 11.8 Å². The number of hydrazone groups is 1. The second-order valence-corrected chi connectivity index (χ2v) is 10.5. The third-order valence-corrected chi connectivity index (χ3v) is 8.09. The van der Waals surface area contributed by atoms with Crippen LogP contribution in [-0.2, 0) is 6.54 Å². The number of nitrogens with one attached hydrogen (secondary N) is 2. The van der Waals surface area contributed by atoms with Gasteiger partial charge < -0.3 is 10.4 Å². The summed E-state index contributed by atoms with van der Waals surface area (Å²) >= 11 is 14.4. The van der Waals surface area contributed by atoms with E-state index < -0.39 is 5.91 Å². The molecule has 0 spiro atoms. The van der Waals surface area contributed by atoms with E-state index in [4.69, 9.17) is 28.5 Å². The Hall–Kier alpha value is -3.68. The molecule has 0 saturated heterocycles. The Bertz CT molecular complexity index is 1550. The summed E-state index contributed by atoms with van der Waals surface area (Å²) in [5.41, 5.74) is 5.46. The number of thiophene rings is 2. The van der Waals surface area contributed by atoms with Crippen molar-refractivity contribution >= 4 is 63.4 Å².